The number of fused-ring (bicyclic) bond motifs is 1. The second-order valence-electron chi connectivity index (χ2n) is 6.75. The lowest BCUT2D eigenvalue weighted by molar-refractivity contribution is -0.112. The monoisotopic (exact) mass is 479 g/mol. The Balaban J connectivity index is 1.42. The van der Waals surface area contributed by atoms with Crippen molar-refractivity contribution in [2.45, 2.75) is 26.4 Å². The van der Waals surface area contributed by atoms with Gasteiger partial charge < -0.3 is 4.74 Å². The molecule has 0 saturated carbocycles. The Labute approximate surface area is 195 Å². The number of nitrogens with one attached hydrogen (secondary N) is 1. The van der Waals surface area contributed by atoms with Gasteiger partial charge in [-0.1, -0.05) is 41.7 Å². The molecule has 0 spiro atoms. The second-order valence-corrected chi connectivity index (χ2v) is 8.63. The van der Waals surface area contributed by atoms with Gasteiger partial charge in [0.25, 0.3) is 11.5 Å². The molecular weight excluding hydrogens is 462 g/mol. The van der Waals surface area contributed by atoms with Crippen molar-refractivity contribution in [1.29, 1.82) is 5.26 Å². The normalized spacial score (nSPS) is 11.3. The Morgan fingerprint density at radius 3 is 2.85 bits per heavy atom. The molecule has 0 aliphatic rings. The van der Waals surface area contributed by atoms with Crippen molar-refractivity contribution >= 4 is 44.7 Å². The summed E-state index contributed by atoms with van der Waals surface area (Å²) in [7, 11) is 0. The highest BCUT2D eigenvalue weighted by Crippen LogP contribution is 2.18. The minimum atomic E-state index is -0.563. The smallest absolute Gasteiger partial charge is 0.275 e. The highest BCUT2D eigenvalue weighted by molar-refractivity contribution is 7.16. The first-order chi connectivity index (χ1) is 16.1. The van der Waals surface area contributed by atoms with Crippen molar-refractivity contribution in [3.63, 3.8) is 0 Å². The van der Waals surface area contributed by atoms with E-state index in [1.165, 1.54) is 33.5 Å². The third kappa shape index (κ3) is 5.46. The number of carbonyl (C=O) groups is 1. The van der Waals surface area contributed by atoms with E-state index in [9.17, 15) is 14.9 Å². The van der Waals surface area contributed by atoms with Crippen molar-refractivity contribution in [2.75, 3.05) is 5.32 Å². The summed E-state index contributed by atoms with van der Waals surface area (Å²) in [6, 6.07) is 10.2. The van der Waals surface area contributed by atoms with Gasteiger partial charge >= 0.3 is 0 Å². The summed E-state index contributed by atoms with van der Waals surface area (Å²) < 4.78 is 7.06. The van der Waals surface area contributed by atoms with Crippen molar-refractivity contribution in [3.8, 4) is 11.8 Å². The Morgan fingerprint density at radius 1 is 1.33 bits per heavy atom. The van der Waals surface area contributed by atoms with Crippen molar-refractivity contribution in [3.05, 3.63) is 68.0 Å². The van der Waals surface area contributed by atoms with E-state index in [0.717, 1.165) is 29.2 Å². The number of aryl methyl sites for hydroxylation is 1. The van der Waals surface area contributed by atoms with E-state index in [2.05, 4.69) is 32.5 Å². The lowest BCUT2D eigenvalue weighted by Crippen LogP contribution is -2.16. The van der Waals surface area contributed by atoms with E-state index in [4.69, 9.17) is 4.74 Å². The summed E-state index contributed by atoms with van der Waals surface area (Å²) in [6.45, 7) is 2.18. The number of ether oxygens (including phenoxy) is 1. The van der Waals surface area contributed by atoms with Crippen LogP contribution in [0.15, 0.2) is 46.2 Å². The first kappa shape index (κ1) is 22.3. The summed E-state index contributed by atoms with van der Waals surface area (Å²) >= 11 is 2.56. The van der Waals surface area contributed by atoms with Crippen molar-refractivity contribution in [2.24, 2.45) is 0 Å². The highest BCUT2D eigenvalue weighted by Gasteiger charge is 2.12. The average molecular weight is 480 g/mol. The quantitative estimate of drug-likeness (QED) is 0.301. The molecule has 0 aliphatic heterocycles. The van der Waals surface area contributed by atoms with Gasteiger partial charge in [-0.05, 0) is 30.2 Å². The molecule has 1 amide bonds. The van der Waals surface area contributed by atoms with Crippen LogP contribution >= 0.6 is 22.7 Å². The number of rotatable bonds is 8. The second kappa shape index (κ2) is 10.1. The Hall–Kier alpha value is -3.95. The van der Waals surface area contributed by atoms with Gasteiger partial charge in [0, 0.05) is 12.5 Å². The maximum atomic E-state index is 12.3. The Morgan fingerprint density at radius 2 is 2.15 bits per heavy atom. The van der Waals surface area contributed by atoms with Crippen LogP contribution in [0.1, 0.15) is 29.6 Å². The number of carbonyl (C=O) groups excluding carboxylic acids is 1. The maximum Gasteiger partial charge on any atom is 0.275 e. The summed E-state index contributed by atoms with van der Waals surface area (Å²) in [5.74, 6) is -0.00515. The number of nitriles is 1. The molecule has 0 bridgehead atoms. The minimum absolute atomic E-state index is 0.0659. The van der Waals surface area contributed by atoms with Crippen LogP contribution in [0.25, 0.3) is 11.0 Å². The fourth-order valence-corrected chi connectivity index (χ4v) is 4.27. The van der Waals surface area contributed by atoms with Crippen LogP contribution in [0.2, 0.25) is 0 Å². The molecule has 0 aliphatic carbocycles. The highest BCUT2D eigenvalue weighted by atomic mass is 32.1. The molecule has 166 valence electrons. The molecular formula is C21H17N7O3S2. The minimum Gasteiger partial charge on any atom is -0.487 e. The fourth-order valence-electron chi connectivity index (χ4n) is 2.81. The molecule has 1 aromatic carbocycles. The van der Waals surface area contributed by atoms with E-state index in [-0.39, 0.29) is 17.7 Å². The molecule has 3 aromatic heterocycles. The third-order valence-electron chi connectivity index (χ3n) is 4.33. The Kier molecular flexibility index (Phi) is 6.82. The van der Waals surface area contributed by atoms with E-state index in [0.29, 0.717) is 27.1 Å². The van der Waals surface area contributed by atoms with Crippen LogP contribution in [0, 0.1) is 11.3 Å². The molecule has 12 heteroatoms. The number of hydrogen-bond acceptors (Lipinski definition) is 10. The number of nitrogens with zero attached hydrogens (tertiary/aromatic N) is 6. The van der Waals surface area contributed by atoms with Crippen molar-refractivity contribution < 1.29 is 9.53 Å². The molecule has 0 unspecified atom stereocenters. The van der Waals surface area contributed by atoms with E-state index < -0.39 is 5.91 Å². The SMILES string of the molecule is CCCc1nn2c(=O)cc(COc3ccc(/C=C(/C#N)C(=O)Nc4nncs4)cc3)nc2s1. The predicted octanol–water partition coefficient (Wildman–Crippen LogP) is 3.08. The zero-order chi connectivity index (χ0) is 23.2. The van der Waals surface area contributed by atoms with Crippen molar-refractivity contribution in [1.82, 2.24) is 24.8 Å². The molecule has 4 rings (SSSR count). The number of benzene rings is 1. The molecule has 33 heavy (non-hydrogen) atoms. The van der Waals surface area contributed by atoms with Gasteiger partial charge in [0.2, 0.25) is 10.1 Å². The third-order valence-corrected chi connectivity index (χ3v) is 5.90. The summed E-state index contributed by atoms with van der Waals surface area (Å²) in [4.78, 5) is 29.5. The van der Waals surface area contributed by atoms with Gasteiger partial charge in [-0.3, -0.25) is 14.9 Å². The van der Waals surface area contributed by atoms with Crippen LogP contribution in [0.4, 0.5) is 5.13 Å². The van der Waals surface area contributed by atoms with Gasteiger partial charge in [-0.25, -0.2) is 4.98 Å². The topological polar surface area (TPSA) is 135 Å². The van der Waals surface area contributed by atoms with Crippen LogP contribution in [-0.2, 0) is 17.8 Å². The van der Waals surface area contributed by atoms with Crippen LogP contribution in [-0.4, -0.2) is 30.7 Å². The average Bonchev–Trinajstić information content (AvgIpc) is 3.47. The van der Waals surface area contributed by atoms with E-state index >= 15 is 0 Å². The number of hydrogen-bond donors (Lipinski definition) is 1. The number of amides is 1. The van der Waals surface area contributed by atoms with E-state index in [1.807, 2.05) is 6.07 Å². The molecule has 0 radical (unpaired) electrons. The molecule has 10 nitrogen and oxygen atoms in total. The lowest BCUT2D eigenvalue weighted by atomic mass is 10.1. The number of aromatic nitrogens is 5. The summed E-state index contributed by atoms with van der Waals surface area (Å²) in [5, 5.41) is 24.7. The molecule has 0 atom stereocenters. The summed E-state index contributed by atoms with van der Waals surface area (Å²) in [6.07, 6.45) is 3.21. The first-order valence-corrected chi connectivity index (χ1v) is 11.6. The molecule has 4 aromatic rings. The van der Waals surface area contributed by atoms with Crippen LogP contribution < -0.4 is 15.6 Å². The molecule has 1 N–H and O–H groups in total. The fraction of sp³-hybridized carbons (Fsp3) is 0.190. The van der Waals surface area contributed by atoms with Gasteiger partial charge in [-0.15, -0.1) is 10.2 Å². The molecule has 0 fully saturated rings. The van der Waals surface area contributed by atoms with Crippen LogP contribution in [0.5, 0.6) is 5.75 Å². The van der Waals surface area contributed by atoms with Gasteiger partial charge in [0.15, 0.2) is 0 Å². The zero-order valence-electron chi connectivity index (χ0n) is 17.4. The maximum absolute atomic E-state index is 12.3. The Bertz CT molecular complexity index is 1400. The molecule has 0 saturated heterocycles. The number of anilines is 1. The standard InChI is InChI=1S/C21H17N7O3S2/c1-2-3-17-27-28-18(29)9-15(24-21(28)33-17)11-31-16-6-4-13(5-7-16)8-14(10-22)19(30)25-20-26-23-12-32-20/h4-9,12H,2-3,11H2,1H3,(H,25,26,30)/b14-8-. The largest absolute Gasteiger partial charge is 0.487 e. The van der Waals surface area contributed by atoms with Gasteiger partial charge in [0.1, 0.15) is 34.5 Å². The van der Waals surface area contributed by atoms with Gasteiger partial charge in [-0.2, -0.15) is 14.9 Å². The first-order valence-electron chi connectivity index (χ1n) is 9.86. The summed E-state index contributed by atoms with van der Waals surface area (Å²) in [5.41, 5.74) is 2.33. The molecule has 3 heterocycles. The zero-order valence-corrected chi connectivity index (χ0v) is 19.0. The van der Waals surface area contributed by atoms with E-state index in [1.54, 1.807) is 24.3 Å². The van der Waals surface area contributed by atoms with Crippen LogP contribution in [0.3, 0.4) is 0 Å². The van der Waals surface area contributed by atoms with Gasteiger partial charge in [0.05, 0.1) is 5.69 Å². The lowest BCUT2D eigenvalue weighted by Gasteiger charge is -2.06. The predicted molar refractivity (Wildman–Crippen MR) is 124 cm³/mol.